The SMILES string of the molecule is CC(C)C1(c2nc(CSc3ccccc3)no2)CCNC1. The van der Waals surface area contributed by atoms with Crippen molar-refractivity contribution in [2.75, 3.05) is 13.1 Å². The molecule has 1 aromatic carbocycles. The van der Waals surface area contributed by atoms with E-state index in [1.165, 1.54) is 4.90 Å². The summed E-state index contributed by atoms with van der Waals surface area (Å²) in [5, 5.41) is 7.60. The van der Waals surface area contributed by atoms with E-state index in [2.05, 4.69) is 41.4 Å². The Labute approximate surface area is 129 Å². The zero-order valence-electron chi connectivity index (χ0n) is 12.5. The molecule has 5 heteroatoms. The number of nitrogens with one attached hydrogen (secondary N) is 1. The number of benzene rings is 1. The lowest BCUT2D eigenvalue weighted by Crippen LogP contribution is -2.35. The Morgan fingerprint density at radius 1 is 1.33 bits per heavy atom. The molecule has 0 saturated carbocycles. The molecule has 21 heavy (non-hydrogen) atoms. The van der Waals surface area contributed by atoms with Gasteiger partial charge in [-0.25, -0.2) is 0 Å². The third-order valence-corrected chi connectivity index (χ3v) is 5.31. The second-order valence-electron chi connectivity index (χ2n) is 5.86. The number of hydrogen-bond donors (Lipinski definition) is 1. The third-order valence-electron chi connectivity index (χ3n) is 4.30. The monoisotopic (exact) mass is 303 g/mol. The van der Waals surface area contributed by atoms with Gasteiger partial charge in [0.2, 0.25) is 5.89 Å². The first-order chi connectivity index (χ1) is 10.2. The summed E-state index contributed by atoms with van der Waals surface area (Å²) in [6.45, 7) is 6.41. The normalized spacial score (nSPS) is 22.0. The van der Waals surface area contributed by atoms with Crippen LogP contribution in [0.3, 0.4) is 0 Å². The van der Waals surface area contributed by atoms with Crippen molar-refractivity contribution in [1.29, 1.82) is 0 Å². The fraction of sp³-hybridized carbons (Fsp3) is 0.500. The van der Waals surface area contributed by atoms with E-state index in [4.69, 9.17) is 4.52 Å². The van der Waals surface area contributed by atoms with Crippen LogP contribution in [-0.4, -0.2) is 23.2 Å². The average Bonchev–Trinajstić information content (AvgIpc) is 3.16. The Balaban J connectivity index is 1.71. The molecule has 1 fully saturated rings. The van der Waals surface area contributed by atoms with Gasteiger partial charge in [-0.05, 0) is 31.0 Å². The standard InChI is InChI=1S/C16H21N3OS/c1-12(2)16(8-9-17-11-16)15-18-14(19-20-15)10-21-13-6-4-3-5-7-13/h3-7,12,17H,8-11H2,1-2H3. The summed E-state index contributed by atoms with van der Waals surface area (Å²) in [5.41, 5.74) is 0.00264. The summed E-state index contributed by atoms with van der Waals surface area (Å²) < 4.78 is 5.59. The van der Waals surface area contributed by atoms with Crippen LogP contribution in [0.15, 0.2) is 39.8 Å². The van der Waals surface area contributed by atoms with Crippen molar-refractivity contribution in [1.82, 2.24) is 15.5 Å². The minimum atomic E-state index is 0.00264. The topological polar surface area (TPSA) is 51.0 Å². The van der Waals surface area contributed by atoms with Crippen molar-refractivity contribution in [3.8, 4) is 0 Å². The van der Waals surface area contributed by atoms with E-state index in [-0.39, 0.29) is 5.41 Å². The number of thioether (sulfide) groups is 1. The molecule has 1 aliphatic rings. The van der Waals surface area contributed by atoms with Crippen molar-refractivity contribution >= 4 is 11.8 Å². The second-order valence-corrected chi connectivity index (χ2v) is 6.90. The van der Waals surface area contributed by atoms with Crippen LogP contribution in [0.2, 0.25) is 0 Å². The van der Waals surface area contributed by atoms with E-state index in [1.807, 2.05) is 18.2 Å². The third kappa shape index (κ3) is 2.99. The largest absolute Gasteiger partial charge is 0.339 e. The van der Waals surface area contributed by atoms with Gasteiger partial charge in [0.1, 0.15) is 0 Å². The van der Waals surface area contributed by atoms with Crippen LogP contribution in [-0.2, 0) is 11.2 Å². The Morgan fingerprint density at radius 3 is 2.81 bits per heavy atom. The van der Waals surface area contributed by atoms with E-state index in [1.54, 1.807) is 11.8 Å². The van der Waals surface area contributed by atoms with Crippen molar-refractivity contribution in [2.24, 2.45) is 5.92 Å². The van der Waals surface area contributed by atoms with Gasteiger partial charge in [0.15, 0.2) is 5.82 Å². The molecule has 1 unspecified atom stereocenters. The van der Waals surface area contributed by atoms with Crippen molar-refractivity contribution in [2.45, 2.75) is 36.3 Å². The lowest BCUT2D eigenvalue weighted by atomic mass is 9.76. The first-order valence-corrected chi connectivity index (χ1v) is 8.41. The molecular weight excluding hydrogens is 282 g/mol. The predicted molar refractivity (Wildman–Crippen MR) is 84.3 cm³/mol. The Morgan fingerprint density at radius 2 is 2.14 bits per heavy atom. The van der Waals surface area contributed by atoms with Gasteiger partial charge in [-0.15, -0.1) is 11.8 Å². The Kier molecular flexibility index (Phi) is 4.31. The average molecular weight is 303 g/mol. The predicted octanol–water partition coefficient (Wildman–Crippen LogP) is 3.25. The Bertz CT molecular complexity index is 576. The van der Waals surface area contributed by atoms with E-state index in [9.17, 15) is 0 Å². The quantitative estimate of drug-likeness (QED) is 0.859. The molecule has 1 aromatic heterocycles. The summed E-state index contributed by atoms with van der Waals surface area (Å²) in [6.07, 6.45) is 1.07. The molecule has 112 valence electrons. The molecule has 0 bridgehead atoms. The summed E-state index contributed by atoms with van der Waals surface area (Å²) in [4.78, 5) is 5.89. The van der Waals surface area contributed by atoms with Gasteiger partial charge >= 0.3 is 0 Å². The fourth-order valence-electron chi connectivity index (χ4n) is 2.81. The van der Waals surface area contributed by atoms with Crippen LogP contribution < -0.4 is 5.32 Å². The Hall–Kier alpha value is -1.33. The highest BCUT2D eigenvalue weighted by Crippen LogP contribution is 2.37. The van der Waals surface area contributed by atoms with Crippen LogP contribution in [0.5, 0.6) is 0 Å². The summed E-state index contributed by atoms with van der Waals surface area (Å²) in [6, 6.07) is 10.3. The van der Waals surface area contributed by atoms with Crippen LogP contribution in [0.25, 0.3) is 0 Å². The molecule has 1 atom stereocenters. The lowest BCUT2D eigenvalue weighted by molar-refractivity contribution is 0.234. The van der Waals surface area contributed by atoms with Crippen LogP contribution >= 0.6 is 11.8 Å². The van der Waals surface area contributed by atoms with Gasteiger partial charge in [-0.3, -0.25) is 0 Å². The minimum Gasteiger partial charge on any atom is -0.339 e. The molecule has 0 amide bonds. The van der Waals surface area contributed by atoms with Crippen molar-refractivity contribution < 1.29 is 4.52 Å². The molecule has 3 rings (SSSR count). The summed E-state index contributed by atoms with van der Waals surface area (Å²) in [7, 11) is 0. The van der Waals surface area contributed by atoms with Gasteiger partial charge in [0.05, 0.1) is 11.2 Å². The molecular formula is C16H21N3OS. The number of aromatic nitrogens is 2. The molecule has 2 heterocycles. The molecule has 2 aromatic rings. The summed E-state index contributed by atoms with van der Waals surface area (Å²) >= 11 is 1.74. The molecule has 0 radical (unpaired) electrons. The first-order valence-electron chi connectivity index (χ1n) is 7.42. The number of rotatable bonds is 5. The summed E-state index contributed by atoms with van der Waals surface area (Å²) in [5.74, 6) is 2.81. The van der Waals surface area contributed by atoms with Crippen LogP contribution in [0, 0.1) is 5.92 Å². The maximum atomic E-state index is 5.59. The number of hydrogen-bond acceptors (Lipinski definition) is 5. The van der Waals surface area contributed by atoms with Gasteiger partial charge in [-0.1, -0.05) is 37.2 Å². The molecule has 0 aliphatic carbocycles. The zero-order chi connectivity index (χ0) is 14.7. The smallest absolute Gasteiger partial charge is 0.234 e. The van der Waals surface area contributed by atoms with E-state index in [0.717, 1.165) is 37.0 Å². The van der Waals surface area contributed by atoms with Gasteiger partial charge in [-0.2, -0.15) is 4.98 Å². The molecule has 1 N–H and O–H groups in total. The highest BCUT2D eigenvalue weighted by Gasteiger charge is 2.43. The van der Waals surface area contributed by atoms with Gasteiger partial charge in [0.25, 0.3) is 0 Å². The van der Waals surface area contributed by atoms with Gasteiger partial charge in [0, 0.05) is 11.4 Å². The second kappa shape index (κ2) is 6.20. The molecule has 1 saturated heterocycles. The highest BCUT2D eigenvalue weighted by atomic mass is 32.2. The highest BCUT2D eigenvalue weighted by molar-refractivity contribution is 7.98. The van der Waals surface area contributed by atoms with Crippen molar-refractivity contribution in [3.63, 3.8) is 0 Å². The minimum absolute atomic E-state index is 0.00264. The first kappa shape index (κ1) is 14.6. The lowest BCUT2D eigenvalue weighted by Gasteiger charge is -2.28. The maximum Gasteiger partial charge on any atom is 0.234 e. The molecule has 4 nitrogen and oxygen atoms in total. The number of nitrogens with zero attached hydrogens (tertiary/aromatic N) is 2. The molecule has 1 aliphatic heterocycles. The van der Waals surface area contributed by atoms with Crippen LogP contribution in [0.1, 0.15) is 32.0 Å². The fourth-order valence-corrected chi connectivity index (χ4v) is 3.58. The molecule has 0 spiro atoms. The maximum absolute atomic E-state index is 5.59. The van der Waals surface area contributed by atoms with Crippen molar-refractivity contribution in [3.05, 3.63) is 42.0 Å². The van der Waals surface area contributed by atoms with E-state index >= 15 is 0 Å². The van der Waals surface area contributed by atoms with Gasteiger partial charge < -0.3 is 9.84 Å². The zero-order valence-corrected chi connectivity index (χ0v) is 13.3. The van der Waals surface area contributed by atoms with E-state index < -0.39 is 0 Å². The van der Waals surface area contributed by atoms with Crippen LogP contribution in [0.4, 0.5) is 0 Å². The van der Waals surface area contributed by atoms with E-state index in [0.29, 0.717) is 5.92 Å².